The summed E-state index contributed by atoms with van der Waals surface area (Å²) in [5.74, 6) is 0.717. The lowest BCUT2D eigenvalue weighted by Crippen LogP contribution is -2.36. The van der Waals surface area contributed by atoms with Gasteiger partial charge >= 0.3 is 0 Å². The molecule has 5 rings (SSSR count). The number of para-hydroxylation sites is 2. The van der Waals surface area contributed by atoms with E-state index in [0.29, 0.717) is 5.56 Å². The Bertz CT molecular complexity index is 1210. The highest BCUT2D eigenvalue weighted by Gasteiger charge is 2.14. The van der Waals surface area contributed by atoms with Gasteiger partial charge in [-0.25, -0.2) is 4.98 Å². The molecule has 1 atom stereocenters. The second-order valence-electron chi connectivity index (χ2n) is 8.43. The van der Waals surface area contributed by atoms with Gasteiger partial charge in [-0.05, 0) is 54.4 Å². The van der Waals surface area contributed by atoms with E-state index < -0.39 is 0 Å². The molecule has 1 fully saturated rings. The van der Waals surface area contributed by atoms with Crippen LogP contribution in [-0.4, -0.2) is 42.2 Å². The lowest BCUT2D eigenvalue weighted by molar-refractivity contribution is 0.0940. The number of anilines is 1. The third-order valence-corrected chi connectivity index (χ3v) is 7.02. The zero-order chi connectivity index (χ0) is 23.3. The molecule has 0 saturated carbocycles. The summed E-state index contributed by atoms with van der Waals surface area (Å²) >= 11 is 1.66. The number of fused-ring (bicyclic) bond motifs is 1. The van der Waals surface area contributed by atoms with Gasteiger partial charge in [-0.1, -0.05) is 48.2 Å². The van der Waals surface area contributed by atoms with Crippen LogP contribution in [0.2, 0.25) is 0 Å². The molecule has 1 amide bonds. The normalized spacial score (nSPS) is 14.8. The molecule has 7 heteroatoms. The number of thioether (sulfide) groups is 1. The topological polar surface area (TPSA) is 70.2 Å². The molecule has 0 bridgehead atoms. The van der Waals surface area contributed by atoms with E-state index in [1.165, 1.54) is 5.69 Å². The quantitative estimate of drug-likeness (QED) is 0.363. The Labute approximate surface area is 203 Å². The molecule has 34 heavy (non-hydrogen) atoms. The summed E-state index contributed by atoms with van der Waals surface area (Å²) < 4.78 is 5.43. The van der Waals surface area contributed by atoms with Gasteiger partial charge in [0.25, 0.3) is 5.91 Å². The largest absolute Gasteiger partial charge is 0.378 e. The molecule has 2 N–H and O–H groups in total. The van der Waals surface area contributed by atoms with Crippen molar-refractivity contribution in [2.75, 3.05) is 31.2 Å². The molecular weight excluding hydrogens is 444 g/mol. The number of hydrogen-bond donors (Lipinski definition) is 2. The molecule has 0 radical (unpaired) electrons. The van der Waals surface area contributed by atoms with Crippen LogP contribution in [0.4, 0.5) is 5.69 Å². The van der Waals surface area contributed by atoms with Gasteiger partial charge in [0.2, 0.25) is 0 Å². The van der Waals surface area contributed by atoms with Crippen LogP contribution in [0.5, 0.6) is 0 Å². The van der Waals surface area contributed by atoms with E-state index in [1.54, 1.807) is 11.8 Å². The molecular formula is C27H28N4O2S. The number of rotatable bonds is 7. The number of nitrogens with zero attached hydrogens (tertiary/aromatic N) is 2. The number of aromatic nitrogens is 2. The van der Waals surface area contributed by atoms with E-state index in [0.717, 1.165) is 59.4 Å². The molecule has 1 aromatic heterocycles. The zero-order valence-corrected chi connectivity index (χ0v) is 20.0. The average Bonchev–Trinajstić information content (AvgIpc) is 3.31. The SMILES string of the molecule is CC(NC(=O)c1ccc(CSc2nc3ccccc3[nH]2)cc1)c1ccc(N2CCOCC2)cc1. The minimum Gasteiger partial charge on any atom is -0.378 e. The number of carbonyl (C=O) groups is 1. The Balaban J connectivity index is 1.15. The Morgan fingerprint density at radius 1 is 1.06 bits per heavy atom. The number of nitrogens with one attached hydrogen (secondary N) is 2. The van der Waals surface area contributed by atoms with Crippen LogP contribution in [0.1, 0.15) is 34.5 Å². The number of aromatic amines is 1. The molecule has 6 nitrogen and oxygen atoms in total. The maximum absolute atomic E-state index is 12.8. The monoisotopic (exact) mass is 472 g/mol. The van der Waals surface area contributed by atoms with Crippen molar-refractivity contribution in [3.63, 3.8) is 0 Å². The van der Waals surface area contributed by atoms with Crippen LogP contribution < -0.4 is 10.2 Å². The van der Waals surface area contributed by atoms with Gasteiger partial charge in [0, 0.05) is 30.1 Å². The van der Waals surface area contributed by atoms with Gasteiger partial charge in [0.05, 0.1) is 30.3 Å². The first-order valence-corrected chi connectivity index (χ1v) is 12.5. The number of benzene rings is 3. The molecule has 1 saturated heterocycles. The van der Waals surface area contributed by atoms with Crippen LogP contribution in [0.3, 0.4) is 0 Å². The first-order chi connectivity index (χ1) is 16.7. The van der Waals surface area contributed by atoms with E-state index in [-0.39, 0.29) is 11.9 Å². The zero-order valence-electron chi connectivity index (χ0n) is 19.2. The van der Waals surface area contributed by atoms with Crippen molar-refractivity contribution in [1.29, 1.82) is 0 Å². The van der Waals surface area contributed by atoms with Gasteiger partial charge in [0.15, 0.2) is 5.16 Å². The Hall–Kier alpha value is -3.29. The predicted octanol–water partition coefficient (Wildman–Crippen LogP) is 5.18. The van der Waals surface area contributed by atoms with Crippen molar-refractivity contribution >= 4 is 34.4 Å². The van der Waals surface area contributed by atoms with Crippen molar-refractivity contribution < 1.29 is 9.53 Å². The molecule has 4 aromatic rings. The average molecular weight is 473 g/mol. The van der Waals surface area contributed by atoms with Crippen molar-refractivity contribution in [3.8, 4) is 0 Å². The fourth-order valence-electron chi connectivity index (χ4n) is 4.06. The summed E-state index contributed by atoms with van der Waals surface area (Å²) in [7, 11) is 0. The molecule has 1 aliphatic heterocycles. The van der Waals surface area contributed by atoms with E-state index in [2.05, 4.69) is 44.5 Å². The smallest absolute Gasteiger partial charge is 0.251 e. The summed E-state index contributed by atoms with van der Waals surface area (Å²) in [6.07, 6.45) is 0. The summed E-state index contributed by atoms with van der Waals surface area (Å²) in [6, 6.07) is 24.2. The van der Waals surface area contributed by atoms with Gasteiger partial charge in [0.1, 0.15) is 0 Å². The predicted molar refractivity (Wildman–Crippen MR) is 137 cm³/mol. The third-order valence-electron chi connectivity index (χ3n) is 6.08. The molecule has 0 aliphatic carbocycles. The number of H-pyrrole nitrogens is 1. The van der Waals surface area contributed by atoms with Crippen LogP contribution in [0.25, 0.3) is 11.0 Å². The Kier molecular flexibility index (Phi) is 6.83. The van der Waals surface area contributed by atoms with Crippen molar-refractivity contribution in [3.05, 3.63) is 89.5 Å². The molecule has 3 aromatic carbocycles. The Morgan fingerprint density at radius 3 is 2.53 bits per heavy atom. The highest BCUT2D eigenvalue weighted by molar-refractivity contribution is 7.98. The van der Waals surface area contributed by atoms with E-state index in [1.807, 2.05) is 55.5 Å². The minimum absolute atomic E-state index is 0.0683. The van der Waals surface area contributed by atoms with Crippen LogP contribution >= 0.6 is 11.8 Å². The number of ether oxygens (including phenoxy) is 1. The lowest BCUT2D eigenvalue weighted by Gasteiger charge is -2.29. The van der Waals surface area contributed by atoms with Gasteiger partial charge in [-0.3, -0.25) is 4.79 Å². The first-order valence-electron chi connectivity index (χ1n) is 11.6. The first kappa shape index (κ1) is 22.5. The van der Waals surface area contributed by atoms with Gasteiger partial charge < -0.3 is 19.9 Å². The number of amides is 1. The maximum atomic E-state index is 12.8. The van der Waals surface area contributed by atoms with Crippen molar-refractivity contribution in [1.82, 2.24) is 15.3 Å². The highest BCUT2D eigenvalue weighted by Crippen LogP contribution is 2.24. The number of morpholine rings is 1. The molecule has 2 heterocycles. The van der Waals surface area contributed by atoms with E-state index in [9.17, 15) is 4.79 Å². The summed E-state index contributed by atoms with van der Waals surface area (Å²) in [5, 5.41) is 4.01. The number of carbonyl (C=O) groups excluding carboxylic acids is 1. The molecule has 174 valence electrons. The second kappa shape index (κ2) is 10.3. The fourth-order valence-corrected chi connectivity index (χ4v) is 4.90. The van der Waals surface area contributed by atoms with Crippen molar-refractivity contribution in [2.45, 2.75) is 23.9 Å². The summed E-state index contributed by atoms with van der Waals surface area (Å²) in [6.45, 7) is 5.38. The number of hydrogen-bond acceptors (Lipinski definition) is 5. The van der Waals surface area contributed by atoms with Crippen LogP contribution in [-0.2, 0) is 10.5 Å². The maximum Gasteiger partial charge on any atom is 0.251 e. The lowest BCUT2D eigenvalue weighted by atomic mass is 10.1. The second-order valence-corrected chi connectivity index (χ2v) is 9.39. The molecule has 1 aliphatic rings. The highest BCUT2D eigenvalue weighted by atomic mass is 32.2. The fraction of sp³-hybridized carbons (Fsp3) is 0.259. The van der Waals surface area contributed by atoms with E-state index >= 15 is 0 Å². The van der Waals surface area contributed by atoms with Crippen molar-refractivity contribution in [2.24, 2.45) is 0 Å². The molecule has 0 spiro atoms. The van der Waals surface area contributed by atoms with Crippen LogP contribution in [0.15, 0.2) is 78.0 Å². The summed E-state index contributed by atoms with van der Waals surface area (Å²) in [4.78, 5) is 23.0. The molecule has 1 unspecified atom stereocenters. The third kappa shape index (κ3) is 5.26. The van der Waals surface area contributed by atoms with E-state index in [4.69, 9.17) is 4.74 Å². The number of imidazole rings is 1. The Morgan fingerprint density at radius 2 is 1.79 bits per heavy atom. The van der Waals surface area contributed by atoms with Crippen LogP contribution in [0, 0.1) is 0 Å². The summed E-state index contributed by atoms with van der Waals surface area (Å²) in [5.41, 5.74) is 6.11. The van der Waals surface area contributed by atoms with Gasteiger partial charge in [-0.15, -0.1) is 0 Å². The standard InChI is InChI=1S/C27H28N4O2S/c1-19(21-10-12-23(13-11-21)31-14-16-33-17-15-31)28-26(32)22-8-6-20(7-9-22)18-34-27-29-24-4-2-3-5-25(24)30-27/h2-13,19H,14-18H2,1H3,(H,28,32)(H,29,30). The van der Waals surface area contributed by atoms with Gasteiger partial charge in [-0.2, -0.15) is 0 Å². The minimum atomic E-state index is -0.0745.